The molecule has 0 radical (unpaired) electrons. The van der Waals surface area contributed by atoms with Crippen molar-refractivity contribution < 1.29 is 18.2 Å². The van der Waals surface area contributed by atoms with Crippen molar-refractivity contribution in [3.8, 4) is 0 Å². The summed E-state index contributed by atoms with van der Waals surface area (Å²) in [6.07, 6.45) is -4.32. The smallest absolute Gasteiger partial charge is 0.416 e. The molecule has 0 aromatic heterocycles. The van der Waals surface area contributed by atoms with Gasteiger partial charge >= 0.3 is 13.2 Å². The zero-order valence-electron chi connectivity index (χ0n) is 7.47. The van der Waals surface area contributed by atoms with Gasteiger partial charge in [0.2, 0.25) is 0 Å². The summed E-state index contributed by atoms with van der Waals surface area (Å²) in [5, 5.41) is 11.5. The topological polar surface area (TPSA) is 32.3 Å². The lowest BCUT2D eigenvalue weighted by atomic mass is 9.88. The third-order valence-electron chi connectivity index (χ3n) is 1.59. The second kappa shape index (κ2) is 3.92. The fourth-order valence-corrected chi connectivity index (χ4v) is 0.997. The number of hydrogen-bond donors (Lipinski definition) is 2. The third-order valence-corrected chi connectivity index (χ3v) is 1.59. The zero-order valence-corrected chi connectivity index (χ0v) is 7.47. The van der Waals surface area contributed by atoms with Crippen molar-refractivity contribution in [3.05, 3.63) is 29.8 Å². The summed E-state index contributed by atoms with van der Waals surface area (Å²) in [4.78, 5) is 0. The number of hydrogen-bond acceptors (Lipinski definition) is 2. The van der Waals surface area contributed by atoms with Crippen LogP contribution in [0.4, 0.5) is 18.9 Å². The van der Waals surface area contributed by atoms with Gasteiger partial charge in [0.05, 0.1) is 5.56 Å². The van der Waals surface area contributed by atoms with Crippen molar-refractivity contribution in [3.63, 3.8) is 0 Å². The summed E-state index contributed by atoms with van der Waals surface area (Å²) in [6, 6.07) is 4.47. The van der Waals surface area contributed by atoms with E-state index in [1.165, 1.54) is 19.0 Å². The minimum atomic E-state index is -4.32. The number of benzene rings is 1. The Morgan fingerprint density at radius 2 is 1.71 bits per heavy atom. The normalized spacial score (nSPS) is 11.2. The van der Waals surface area contributed by atoms with Crippen LogP contribution in [-0.2, 0) is 6.18 Å². The van der Waals surface area contributed by atoms with Gasteiger partial charge in [-0.3, -0.25) is 0 Å². The van der Waals surface area contributed by atoms with Crippen LogP contribution in [0.2, 0.25) is 6.82 Å². The van der Waals surface area contributed by atoms with Crippen LogP contribution in [0.5, 0.6) is 0 Å². The molecule has 2 nitrogen and oxygen atoms in total. The lowest BCUT2D eigenvalue weighted by Gasteiger charge is -2.09. The van der Waals surface area contributed by atoms with Gasteiger partial charge in [0.1, 0.15) is 0 Å². The summed E-state index contributed by atoms with van der Waals surface area (Å²) in [7, 11) is -0.785. The Labute approximate surface area is 79.9 Å². The van der Waals surface area contributed by atoms with Crippen LogP contribution < -0.4 is 5.23 Å². The lowest BCUT2D eigenvalue weighted by molar-refractivity contribution is -0.137. The van der Waals surface area contributed by atoms with E-state index < -0.39 is 18.8 Å². The maximum absolute atomic E-state index is 12.1. The molecular weight excluding hydrogens is 194 g/mol. The second-order valence-corrected chi connectivity index (χ2v) is 2.90. The van der Waals surface area contributed by atoms with E-state index in [4.69, 9.17) is 5.02 Å². The molecule has 0 aliphatic heterocycles. The second-order valence-electron chi connectivity index (χ2n) is 2.90. The molecule has 0 aliphatic carbocycles. The predicted molar refractivity (Wildman–Crippen MR) is 48.9 cm³/mol. The molecule has 0 amide bonds. The van der Waals surface area contributed by atoms with Crippen LogP contribution in [0, 0.1) is 0 Å². The Balaban J connectivity index is 2.79. The highest BCUT2D eigenvalue weighted by Gasteiger charge is 2.29. The molecule has 14 heavy (non-hydrogen) atoms. The lowest BCUT2D eigenvalue weighted by Crippen LogP contribution is -2.19. The Morgan fingerprint density at radius 1 is 1.21 bits per heavy atom. The number of rotatable bonds is 2. The van der Waals surface area contributed by atoms with E-state index in [0.29, 0.717) is 5.69 Å². The minimum absolute atomic E-state index is 0.452. The van der Waals surface area contributed by atoms with Crippen LogP contribution in [0.15, 0.2) is 24.3 Å². The van der Waals surface area contributed by atoms with Crippen molar-refractivity contribution in [1.29, 1.82) is 0 Å². The number of halogens is 3. The molecule has 0 unspecified atom stereocenters. The molecule has 0 fully saturated rings. The van der Waals surface area contributed by atoms with Gasteiger partial charge in [-0.1, -0.05) is 0 Å². The van der Waals surface area contributed by atoms with Crippen LogP contribution in [0.25, 0.3) is 0 Å². The van der Waals surface area contributed by atoms with Crippen molar-refractivity contribution in [1.82, 2.24) is 0 Å². The molecule has 0 spiro atoms. The van der Waals surface area contributed by atoms with Crippen molar-refractivity contribution in [2.24, 2.45) is 0 Å². The maximum atomic E-state index is 12.1. The van der Waals surface area contributed by atoms with E-state index in [9.17, 15) is 13.2 Å². The summed E-state index contributed by atoms with van der Waals surface area (Å²) in [5.41, 5.74) is -0.248. The molecule has 0 heterocycles. The van der Waals surface area contributed by atoms with Gasteiger partial charge in [0.25, 0.3) is 0 Å². The highest BCUT2D eigenvalue weighted by Crippen LogP contribution is 2.29. The summed E-state index contributed by atoms with van der Waals surface area (Å²) in [6.45, 7) is 1.48. The quantitative estimate of drug-likeness (QED) is 0.722. The Bertz CT molecular complexity index is 296. The Kier molecular flexibility index (Phi) is 3.05. The maximum Gasteiger partial charge on any atom is 0.416 e. The predicted octanol–water partition coefficient (Wildman–Crippen LogP) is 2.23. The first kappa shape index (κ1) is 10.9. The third kappa shape index (κ3) is 2.95. The monoisotopic (exact) mass is 203 g/mol. The van der Waals surface area contributed by atoms with E-state index in [-0.39, 0.29) is 0 Å². The minimum Gasteiger partial charge on any atom is -0.433 e. The first-order valence-corrected chi connectivity index (χ1v) is 4.01. The first-order valence-electron chi connectivity index (χ1n) is 4.01. The van der Waals surface area contributed by atoms with Gasteiger partial charge < -0.3 is 10.3 Å². The van der Waals surface area contributed by atoms with Crippen LogP contribution in [0.3, 0.4) is 0 Å². The molecule has 0 atom stereocenters. The van der Waals surface area contributed by atoms with Gasteiger partial charge in [-0.05, 0) is 31.1 Å². The molecule has 0 aliphatic rings. The first-order chi connectivity index (χ1) is 6.39. The van der Waals surface area contributed by atoms with Crippen LogP contribution in [0.1, 0.15) is 5.56 Å². The van der Waals surface area contributed by atoms with E-state index in [2.05, 4.69) is 5.23 Å². The number of anilines is 1. The van der Waals surface area contributed by atoms with Gasteiger partial charge in [0.15, 0.2) is 0 Å². The van der Waals surface area contributed by atoms with E-state index in [0.717, 1.165) is 12.1 Å². The van der Waals surface area contributed by atoms with Gasteiger partial charge in [-0.15, -0.1) is 0 Å². The van der Waals surface area contributed by atoms with Gasteiger partial charge in [-0.25, -0.2) is 0 Å². The van der Waals surface area contributed by atoms with Crippen molar-refractivity contribution in [2.75, 3.05) is 5.23 Å². The molecule has 1 aromatic rings. The molecule has 76 valence electrons. The molecule has 1 rings (SSSR count). The standard InChI is InChI=1S/C8H9BF3NO/c1-9(14)13-7-4-2-6(3-5-7)8(10,11)12/h2-5,13-14H,1H3. The fourth-order valence-electron chi connectivity index (χ4n) is 0.997. The zero-order chi connectivity index (χ0) is 10.8. The van der Waals surface area contributed by atoms with E-state index in [1.54, 1.807) is 0 Å². The summed E-state index contributed by atoms with van der Waals surface area (Å²) < 4.78 is 36.3. The average molecular weight is 203 g/mol. The fraction of sp³-hybridized carbons (Fsp3) is 0.250. The highest BCUT2D eigenvalue weighted by atomic mass is 19.4. The van der Waals surface area contributed by atoms with E-state index >= 15 is 0 Å². The molecule has 0 saturated carbocycles. The average Bonchev–Trinajstić information content (AvgIpc) is 2.02. The Morgan fingerprint density at radius 3 is 2.07 bits per heavy atom. The largest absolute Gasteiger partial charge is 0.433 e. The number of nitrogens with one attached hydrogen (secondary N) is 1. The van der Waals surface area contributed by atoms with Crippen molar-refractivity contribution in [2.45, 2.75) is 13.0 Å². The van der Waals surface area contributed by atoms with E-state index in [1.807, 2.05) is 0 Å². The molecule has 0 saturated heterocycles. The number of alkyl halides is 3. The molecule has 6 heteroatoms. The Hall–Kier alpha value is -1.17. The molecule has 0 bridgehead atoms. The SMILES string of the molecule is CB(O)Nc1ccc(C(F)(F)F)cc1. The summed E-state index contributed by atoms with van der Waals surface area (Å²) in [5.74, 6) is 0. The molecule has 1 aromatic carbocycles. The molecular formula is C8H9BF3NO. The van der Waals surface area contributed by atoms with Crippen LogP contribution in [-0.4, -0.2) is 12.1 Å². The van der Waals surface area contributed by atoms with Gasteiger partial charge in [-0.2, -0.15) is 13.2 Å². The van der Waals surface area contributed by atoms with Gasteiger partial charge in [0, 0.05) is 5.69 Å². The highest BCUT2D eigenvalue weighted by molar-refractivity contribution is 6.52. The molecule has 2 N–H and O–H groups in total. The van der Waals surface area contributed by atoms with Crippen molar-refractivity contribution >= 4 is 12.7 Å². The van der Waals surface area contributed by atoms with Crippen LogP contribution >= 0.6 is 0 Å². The summed E-state index contributed by atoms with van der Waals surface area (Å²) >= 11 is 0.